The second-order valence-electron chi connectivity index (χ2n) is 16.5. The largest absolute Gasteiger partial charge is 0.466 e. The van der Waals surface area contributed by atoms with E-state index < -0.39 is 29.8 Å². The van der Waals surface area contributed by atoms with E-state index in [0.29, 0.717) is 54.8 Å². The Morgan fingerprint density at radius 2 is 1.14 bits per heavy atom. The van der Waals surface area contributed by atoms with Gasteiger partial charge in [-0.1, -0.05) is 83.9 Å². The zero-order valence-electron chi connectivity index (χ0n) is 43.0. The number of hydrogen-bond donors (Lipinski definition) is 2. The van der Waals surface area contributed by atoms with Crippen LogP contribution in [0, 0.1) is 0 Å². The van der Waals surface area contributed by atoms with Crippen LogP contribution in [0.3, 0.4) is 0 Å². The Morgan fingerprint density at radius 3 is 1.62 bits per heavy atom. The highest BCUT2D eigenvalue weighted by Gasteiger charge is 2.40. The molecule has 0 radical (unpaired) electrons. The lowest BCUT2D eigenvalue weighted by atomic mass is 9.80. The molecule has 404 valence electrons. The van der Waals surface area contributed by atoms with Gasteiger partial charge < -0.3 is 39.5 Å². The molecule has 4 aromatic rings. The number of nitrogens with two attached hydrogens (primary N) is 1. The summed E-state index contributed by atoms with van der Waals surface area (Å²) >= 11 is 12.4. The highest BCUT2D eigenvalue weighted by molar-refractivity contribution is 6.33. The van der Waals surface area contributed by atoms with Crippen LogP contribution >= 0.6 is 23.2 Å². The van der Waals surface area contributed by atoms with Gasteiger partial charge in [0.25, 0.3) is 23.6 Å². The lowest BCUT2D eigenvalue weighted by Crippen LogP contribution is -2.36. The van der Waals surface area contributed by atoms with Crippen molar-refractivity contribution < 1.29 is 71.6 Å². The number of methoxy groups -OCH3 is 2. The number of dihydropyridines is 1. The van der Waals surface area contributed by atoms with E-state index in [9.17, 15) is 43.2 Å². The fourth-order valence-electron chi connectivity index (χ4n) is 7.96. The molecule has 4 amide bonds. The van der Waals surface area contributed by atoms with Crippen LogP contribution in [0.5, 0.6) is 0 Å². The number of imide groups is 2. The van der Waals surface area contributed by atoms with Crippen LogP contribution in [0.25, 0.3) is 6.08 Å². The fraction of sp³-hybridized carbons (Fsp3) is 0.268. The summed E-state index contributed by atoms with van der Waals surface area (Å²) in [5, 5.41) is 3.93. The van der Waals surface area contributed by atoms with Crippen LogP contribution in [0.2, 0.25) is 10.0 Å². The minimum absolute atomic E-state index is 0.0159. The minimum atomic E-state index is -0.869. The molecular formula is C56H56Cl2N4O15. The molecule has 0 saturated heterocycles. The third-order valence-electron chi connectivity index (χ3n) is 11.5. The topological polar surface area (TPSA) is 254 Å². The maximum absolute atomic E-state index is 13.2. The van der Waals surface area contributed by atoms with E-state index in [1.807, 2.05) is 0 Å². The molecule has 19 nitrogen and oxygen atoms in total. The normalized spacial score (nSPS) is 14.9. The Bertz CT molecular complexity index is 3000. The number of ketones is 1. The molecule has 4 aromatic carbocycles. The smallest absolute Gasteiger partial charge is 0.341 e. The summed E-state index contributed by atoms with van der Waals surface area (Å²) < 4.78 is 30.7. The zero-order chi connectivity index (χ0) is 56.3. The van der Waals surface area contributed by atoms with Crippen molar-refractivity contribution in [1.29, 1.82) is 0 Å². The van der Waals surface area contributed by atoms with Crippen molar-refractivity contribution in [2.45, 2.75) is 33.6 Å². The molecule has 0 aromatic heterocycles. The lowest BCUT2D eigenvalue weighted by Gasteiger charge is -2.31. The predicted octanol–water partition coefficient (Wildman–Crippen LogP) is 6.79. The first kappa shape index (κ1) is 59.6. The molecule has 0 aliphatic carbocycles. The maximum atomic E-state index is 13.2. The molecule has 3 heterocycles. The predicted molar refractivity (Wildman–Crippen MR) is 282 cm³/mol. The highest BCUT2D eigenvalue weighted by atomic mass is 35.5. The van der Waals surface area contributed by atoms with Crippen molar-refractivity contribution in [2.24, 2.45) is 5.73 Å². The number of amides is 4. The SMILES string of the molecule is CCOC(=O)/C=C(/N)COCCN1C(=O)c2ccccc2C1=O.CCOC(=O)C1=C(COCCN2C(=O)c3ccccc3C2=O)NC(C)=C(C(=O)OC)C1c1ccccc1Cl.COC(=O)/C(=C\c1ccccc1Cl)C(C)=O. The van der Waals surface area contributed by atoms with Gasteiger partial charge in [-0.2, -0.15) is 0 Å². The van der Waals surface area contributed by atoms with Gasteiger partial charge in [0.05, 0.1) is 112 Å². The molecule has 3 aliphatic heterocycles. The van der Waals surface area contributed by atoms with E-state index in [1.165, 1.54) is 27.2 Å². The number of rotatable bonds is 19. The Hall–Kier alpha value is -8.23. The second kappa shape index (κ2) is 28.6. The molecule has 77 heavy (non-hydrogen) atoms. The van der Waals surface area contributed by atoms with Gasteiger partial charge in [-0.05, 0) is 81.3 Å². The van der Waals surface area contributed by atoms with Gasteiger partial charge in [0, 0.05) is 27.5 Å². The van der Waals surface area contributed by atoms with Gasteiger partial charge in [-0.25, -0.2) is 19.2 Å². The van der Waals surface area contributed by atoms with E-state index in [-0.39, 0.29) is 105 Å². The van der Waals surface area contributed by atoms with E-state index in [4.69, 9.17) is 52.6 Å². The van der Waals surface area contributed by atoms with Crippen LogP contribution in [-0.2, 0) is 52.4 Å². The van der Waals surface area contributed by atoms with Gasteiger partial charge in [0.15, 0.2) is 5.78 Å². The number of esters is 4. The molecule has 0 spiro atoms. The molecule has 3 aliphatic rings. The first-order chi connectivity index (χ1) is 36.9. The third-order valence-corrected chi connectivity index (χ3v) is 12.2. The van der Waals surface area contributed by atoms with Crippen molar-refractivity contribution in [3.05, 3.63) is 180 Å². The molecule has 3 N–H and O–H groups in total. The quantitative estimate of drug-likeness (QED) is 0.0186. The van der Waals surface area contributed by atoms with E-state index in [1.54, 1.807) is 118 Å². The molecular weight excluding hydrogens is 1040 g/mol. The molecule has 0 saturated carbocycles. The third kappa shape index (κ3) is 15.0. The summed E-state index contributed by atoms with van der Waals surface area (Å²) in [4.78, 5) is 112. The van der Waals surface area contributed by atoms with Crippen molar-refractivity contribution in [3.63, 3.8) is 0 Å². The monoisotopic (exact) mass is 1090 g/mol. The number of hydrogen-bond acceptors (Lipinski definition) is 17. The summed E-state index contributed by atoms with van der Waals surface area (Å²) in [7, 11) is 2.49. The standard InChI is InChI=1S/C28H27ClN2O7.C16H18N2O5.C12H11ClO3/c1-4-38-28(35)24-21(15-37-14-13-31-25(32)17-9-5-6-10-18(17)26(31)33)30-16(2)22(27(34)36-3)23(24)19-11-7-8-12-20(19)29;1-2-23-14(19)9-11(17)10-22-8-7-18-15(20)12-5-3-4-6-13(12)16(18)21;1-8(14)10(12(15)16-2)7-9-5-3-4-6-11(9)13/h5-12,23,30H,4,13-15H2,1-3H3;3-6,9H,2,7-8,10,17H2,1H3;3-7H,1-2H3/b;11-9+;10-7-. The molecule has 0 bridgehead atoms. The summed E-state index contributed by atoms with van der Waals surface area (Å²) in [6, 6.07) is 27.2. The van der Waals surface area contributed by atoms with Crippen LogP contribution < -0.4 is 11.1 Å². The van der Waals surface area contributed by atoms with Crippen LogP contribution in [0.4, 0.5) is 0 Å². The first-order valence-electron chi connectivity index (χ1n) is 23.8. The van der Waals surface area contributed by atoms with Gasteiger partial charge in [-0.3, -0.25) is 33.8 Å². The maximum Gasteiger partial charge on any atom is 0.341 e. The van der Waals surface area contributed by atoms with E-state index in [0.717, 1.165) is 15.9 Å². The number of nitrogens with one attached hydrogen (secondary N) is 1. The second-order valence-corrected chi connectivity index (χ2v) is 17.4. The number of carbonyl (C=O) groups is 9. The number of carbonyl (C=O) groups excluding carboxylic acids is 9. The van der Waals surface area contributed by atoms with Crippen LogP contribution in [0.15, 0.2) is 137 Å². The summed E-state index contributed by atoms with van der Waals surface area (Å²) in [6.45, 7) is 7.00. The average Bonchev–Trinajstić information content (AvgIpc) is 3.82. The van der Waals surface area contributed by atoms with Crippen molar-refractivity contribution in [3.8, 4) is 0 Å². The number of halogens is 2. The van der Waals surface area contributed by atoms with Gasteiger partial charge in [-0.15, -0.1) is 0 Å². The van der Waals surface area contributed by atoms with Gasteiger partial charge in [0.1, 0.15) is 5.57 Å². The summed E-state index contributed by atoms with van der Waals surface area (Å²) in [5.41, 5.74) is 9.69. The number of nitrogens with zero attached hydrogens (tertiary/aromatic N) is 2. The number of fused-ring (bicyclic) bond motifs is 2. The zero-order valence-corrected chi connectivity index (χ0v) is 44.5. The molecule has 1 unspecified atom stereocenters. The average molecular weight is 1100 g/mol. The van der Waals surface area contributed by atoms with E-state index in [2.05, 4.69) is 10.1 Å². The number of allylic oxidation sites excluding steroid dienone is 1. The molecule has 21 heteroatoms. The van der Waals surface area contributed by atoms with Gasteiger partial charge >= 0.3 is 23.9 Å². The first-order valence-corrected chi connectivity index (χ1v) is 24.6. The van der Waals surface area contributed by atoms with Gasteiger partial charge in [0.2, 0.25) is 0 Å². The highest BCUT2D eigenvalue weighted by Crippen LogP contribution is 2.42. The van der Waals surface area contributed by atoms with Crippen LogP contribution in [-0.4, -0.2) is 130 Å². The lowest BCUT2D eigenvalue weighted by molar-refractivity contribution is -0.140. The Kier molecular flexibility index (Phi) is 22.2. The summed E-state index contributed by atoms with van der Waals surface area (Å²) in [6.07, 6.45) is 2.57. The van der Waals surface area contributed by atoms with Crippen LogP contribution in [0.1, 0.15) is 86.2 Å². The minimum Gasteiger partial charge on any atom is -0.466 e. The number of ether oxygens (including phenoxy) is 6. The van der Waals surface area contributed by atoms with Crippen molar-refractivity contribution in [2.75, 3.05) is 67.0 Å². The Morgan fingerprint density at radius 1 is 0.649 bits per heavy atom. The molecule has 1 atom stereocenters. The van der Waals surface area contributed by atoms with Crippen molar-refractivity contribution in [1.82, 2.24) is 15.1 Å². The number of Topliss-reactive ketones (excluding diaryl/α,β-unsaturated/α-hetero) is 1. The summed E-state index contributed by atoms with van der Waals surface area (Å²) in [5.74, 6) is -5.09. The Labute approximate surface area is 454 Å². The Balaban J connectivity index is 0.000000237. The fourth-order valence-corrected chi connectivity index (χ4v) is 8.40. The van der Waals surface area contributed by atoms with E-state index >= 15 is 0 Å². The number of benzene rings is 4. The molecule has 7 rings (SSSR count). The van der Waals surface area contributed by atoms with Crippen molar-refractivity contribution >= 4 is 82.6 Å². The molecule has 0 fully saturated rings.